The van der Waals surface area contributed by atoms with Crippen LogP contribution in [-0.4, -0.2) is 47.7 Å². The number of nitrogens with zero attached hydrogens (tertiary/aromatic N) is 3. The van der Waals surface area contributed by atoms with Gasteiger partial charge in [-0.25, -0.2) is 0 Å². The first-order valence-corrected chi connectivity index (χ1v) is 8.49. The molecule has 0 saturated carbocycles. The van der Waals surface area contributed by atoms with Crippen molar-refractivity contribution in [2.75, 3.05) is 20.7 Å². The van der Waals surface area contributed by atoms with E-state index in [9.17, 15) is 4.79 Å². The molecule has 26 heavy (non-hydrogen) atoms. The molecule has 1 saturated heterocycles. The van der Waals surface area contributed by atoms with Gasteiger partial charge in [-0.2, -0.15) is 4.98 Å². The third kappa shape index (κ3) is 4.74. The fourth-order valence-electron chi connectivity index (χ4n) is 2.93. The maximum Gasteiger partial charge on any atom is 0.232 e. The second kappa shape index (κ2) is 9.00. The summed E-state index contributed by atoms with van der Waals surface area (Å²) in [7, 11) is 3.54. The van der Waals surface area contributed by atoms with Crippen molar-refractivity contribution in [1.29, 1.82) is 0 Å². The van der Waals surface area contributed by atoms with Crippen molar-refractivity contribution in [3.05, 3.63) is 41.5 Å². The molecule has 1 fully saturated rings. The number of carbonyl (C=O) groups is 1. The SMILES string of the molecule is CNC(C)Cc1noc(C2CC(=O)N(Cc3ccc(OC)cc3)C2)n1.Cl. The highest BCUT2D eigenvalue weighted by Gasteiger charge is 2.34. The second-order valence-electron chi connectivity index (χ2n) is 6.47. The first-order valence-electron chi connectivity index (χ1n) is 8.49. The van der Waals surface area contributed by atoms with Crippen molar-refractivity contribution >= 4 is 18.3 Å². The third-order valence-corrected chi connectivity index (χ3v) is 4.56. The average molecular weight is 381 g/mol. The normalized spacial score (nSPS) is 17.9. The van der Waals surface area contributed by atoms with Crippen LogP contribution in [0.5, 0.6) is 5.75 Å². The second-order valence-corrected chi connectivity index (χ2v) is 6.47. The molecule has 1 aromatic carbocycles. The number of hydrogen-bond donors (Lipinski definition) is 1. The topological polar surface area (TPSA) is 80.5 Å². The number of nitrogens with one attached hydrogen (secondary N) is 1. The van der Waals surface area contributed by atoms with E-state index in [1.165, 1.54) is 0 Å². The minimum atomic E-state index is -0.0307. The molecule has 1 aromatic heterocycles. The van der Waals surface area contributed by atoms with Crippen LogP contribution in [0.15, 0.2) is 28.8 Å². The van der Waals surface area contributed by atoms with Gasteiger partial charge in [0.15, 0.2) is 5.82 Å². The molecule has 0 aliphatic carbocycles. The maximum absolute atomic E-state index is 12.3. The molecule has 7 nitrogen and oxygen atoms in total. The summed E-state index contributed by atoms with van der Waals surface area (Å²) in [6, 6.07) is 8.04. The maximum atomic E-state index is 12.3. The molecule has 2 aromatic rings. The Morgan fingerprint density at radius 3 is 2.77 bits per heavy atom. The Labute approximate surface area is 159 Å². The molecular weight excluding hydrogens is 356 g/mol. The van der Waals surface area contributed by atoms with E-state index in [4.69, 9.17) is 9.26 Å². The van der Waals surface area contributed by atoms with Gasteiger partial charge in [-0.05, 0) is 31.7 Å². The number of hydrogen-bond acceptors (Lipinski definition) is 6. The zero-order valence-electron chi connectivity index (χ0n) is 15.3. The smallest absolute Gasteiger partial charge is 0.232 e. The van der Waals surface area contributed by atoms with Crippen molar-refractivity contribution in [3.8, 4) is 5.75 Å². The number of likely N-dealkylation sites (tertiary alicyclic amines) is 1. The van der Waals surface area contributed by atoms with E-state index in [0.717, 1.165) is 11.3 Å². The molecule has 0 bridgehead atoms. The van der Waals surface area contributed by atoms with Crippen molar-refractivity contribution in [3.63, 3.8) is 0 Å². The zero-order valence-corrected chi connectivity index (χ0v) is 16.1. The molecule has 0 spiro atoms. The Hall–Kier alpha value is -2.12. The van der Waals surface area contributed by atoms with Gasteiger partial charge in [0, 0.05) is 32.0 Å². The third-order valence-electron chi connectivity index (χ3n) is 4.56. The minimum absolute atomic E-state index is 0. The number of ether oxygens (including phenoxy) is 1. The Kier molecular flexibility index (Phi) is 6.99. The molecule has 2 atom stereocenters. The van der Waals surface area contributed by atoms with Gasteiger partial charge >= 0.3 is 0 Å². The van der Waals surface area contributed by atoms with Crippen LogP contribution in [-0.2, 0) is 17.8 Å². The number of rotatable bonds is 7. The molecule has 2 unspecified atom stereocenters. The van der Waals surface area contributed by atoms with E-state index >= 15 is 0 Å². The first-order chi connectivity index (χ1) is 12.1. The molecule has 0 radical (unpaired) electrons. The zero-order chi connectivity index (χ0) is 17.8. The van der Waals surface area contributed by atoms with Crippen LogP contribution in [0.4, 0.5) is 0 Å². The standard InChI is InChI=1S/C18H24N4O3.ClH/c1-12(19-2)8-16-20-18(25-21-16)14-9-17(23)22(11-14)10-13-4-6-15(24-3)7-5-13;/h4-7,12,14,19H,8-11H2,1-3H3;1H. The number of carbonyl (C=O) groups excluding carboxylic acids is 1. The fraction of sp³-hybridized carbons (Fsp3) is 0.500. The highest BCUT2D eigenvalue weighted by atomic mass is 35.5. The van der Waals surface area contributed by atoms with Crippen molar-refractivity contribution < 1.29 is 14.1 Å². The van der Waals surface area contributed by atoms with Crippen LogP contribution in [0.2, 0.25) is 0 Å². The number of aromatic nitrogens is 2. The predicted octanol–water partition coefficient (Wildman–Crippen LogP) is 2.17. The van der Waals surface area contributed by atoms with Crippen LogP contribution in [0, 0.1) is 0 Å². The largest absolute Gasteiger partial charge is 0.497 e. The highest BCUT2D eigenvalue weighted by molar-refractivity contribution is 5.85. The Bertz CT molecular complexity index is 719. The van der Waals surface area contributed by atoms with E-state index in [1.54, 1.807) is 7.11 Å². The van der Waals surface area contributed by atoms with Crippen LogP contribution in [0.1, 0.15) is 36.5 Å². The lowest BCUT2D eigenvalue weighted by Gasteiger charge is -2.16. The van der Waals surface area contributed by atoms with Gasteiger partial charge in [-0.1, -0.05) is 17.3 Å². The lowest BCUT2D eigenvalue weighted by Crippen LogP contribution is -2.24. The van der Waals surface area contributed by atoms with Crippen molar-refractivity contribution in [2.24, 2.45) is 0 Å². The first kappa shape index (κ1) is 20.2. The van der Waals surface area contributed by atoms with Gasteiger partial charge in [0.2, 0.25) is 11.8 Å². The number of likely N-dealkylation sites (N-methyl/N-ethyl adjacent to an activating group) is 1. The Morgan fingerprint density at radius 1 is 1.38 bits per heavy atom. The number of methoxy groups -OCH3 is 1. The molecule has 1 amide bonds. The molecule has 1 N–H and O–H groups in total. The van der Waals surface area contributed by atoms with Crippen molar-refractivity contribution in [2.45, 2.75) is 38.3 Å². The number of halogens is 1. The summed E-state index contributed by atoms with van der Waals surface area (Å²) in [5, 5.41) is 7.18. The van der Waals surface area contributed by atoms with Crippen molar-refractivity contribution in [1.82, 2.24) is 20.4 Å². The van der Waals surface area contributed by atoms with Gasteiger partial charge in [-0.15, -0.1) is 12.4 Å². The highest BCUT2D eigenvalue weighted by Crippen LogP contribution is 2.28. The lowest BCUT2D eigenvalue weighted by atomic mass is 10.1. The van der Waals surface area contributed by atoms with Gasteiger partial charge in [0.25, 0.3) is 0 Å². The quantitative estimate of drug-likeness (QED) is 0.792. The fourth-order valence-corrected chi connectivity index (χ4v) is 2.93. The molecule has 142 valence electrons. The van der Waals surface area contributed by atoms with Crippen LogP contribution in [0.3, 0.4) is 0 Å². The summed E-state index contributed by atoms with van der Waals surface area (Å²) in [6.45, 7) is 3.25. The van der Waals surface area contributed by atoms with E-state index in [0.29, 0.717) is 37.6 Å². The van der Waals surface area contributed by atoms with Crippen LogP contribution >= 0.6 is 12.4 Å². The van der Waals surface area contributed by atoms with E-state index < -0.39 is 0 Å². The number of amides is 1. The summed E-state index contributed by atoms with van der Waals surface area (Å²) in [5.74, 6) is 2.13. The van der Waals surface area contributed by atoms with E-state index in [-0.39, 0.29) is 30.3 Å². The summed E-state index contributed by atoms with van der Waals surface area (Å²) >= 11 is 0. The summed E-state index contributed by atoms with van der Waals surface area (Å²) in [4.78, 5) is 18.6. The summed E-state index contributed by atoms with van der Waals surface area (Å²) < 4.78 is 10.5. The van der Waals surface area contributed by atoms with Gasteiger partial charge in [0.05, 0.1) is 13.0 Å². The van der Waals surface area contributed by atoms with Crippen LogP contribution in [0.25, 0.3) is 0 Å². The minimum Gasteiger partial charge on any atom is -0.497 e. The molecule has 1 aliphatic heterocycles. The van der Waals surface area contributed by atoms with E-state index in [2.05, 4.69) is 22.4 Å². The Morgan fingerprint density at radius 2 is 2.12 bits per heavy atom. The molecule has 3 rings (SSSR count). The molecule has 2 heterocycles. The predicted molar refractivity (Wildman–Crippen MR) is 99.5 cm³/mol. The van der Waals surface area contributed by atoms with Gasteiger partial charge in [-0.3, -0.25) is 4.79 Å². The monoisotopic (exact) mass is 380 g/mol. The van der Waals surface area contributed by atoms with Gasteiger partial charge < -0.3 is 19.5 Å². The summed E-state index contributed by atoms with van der Waals surface area (Å²) in [5.41, 5.74) is 1.07. The lowest BCUT2D eigenvalue weighted by molar-refractivity contribution is -0.128. The van der Waals surface area contributed by atoms with Gasteiger partial charge in [0.1, 0.15) is 5.75 Å². The Balaban J connectivity index is 0.00000243. The molecular formula is C18H25ClN4O3. The van der Waals surface area contributed by atoms with E-state index in [1.807, 2.05) is 36.2 Å². The molecule has 1 aliphatic rings. The summed E-state index contributed by atoms with van der Waals surface area (Å²) in [6.07, 6.45) is 1.12. The molecule has 8 heteroatoms. The van der Waals surface area contributed by atoms with Crippen LogP contribution < -0.4 is 10.1 Å². The average Bonchev–Trinajstić information content (AvgIpc) is 3.22. The number of benzene rings is 1.